The molecule has 0 atom stereocenters. The number of anilines is 1. The molecule has 36 heavy (non-hydrogen) atoms. The summed E-state index contributed by atoms with van der Waals surface area (Å²) in [4.78, 5) is 28.3. The van der Waals surface area contributed by atoms with Crippen LogP contribution >= 0.6 is 0 Å². The number of pyridine rings is 1. The molecule has 8 nitrogen and oxygen atoms in total. The highest BCUT2D eigenvalue weighted by Gasteiger charge is 2.53. The van der Waals surface area contributed by atoms with Gasteiger partial charge in [0.15, 0.2) is 0 Å². The van der Waals surface area contributed by atoms with Gasteiger partial charge in [0, 0.05) is 62.3 Å². The van der Waals surface area contributed by atoms with E-state index in [4.69, 9.17) is 4.98 Å². The molecule has 1 saturated heterocycles. The van der Waals surface area contributed by atoms with Crippen molar-refractivity contribution in [1.29, 1.82) is 0 Å². The molecule has 0 amide bonds. The van der Waals surface area contributed by atoms with Gasteiger partial charge in [0.25, 0.3) is 5.56 Å². The number of fused-ring (bicyclic) bond motifs is 3. The lowest BCUT2D eigenvalue weighted by atomic mass is 9.53. The Labute approximate surface area is 212 Å². The highest BCUT2D eigenvalue weighted by Crippen LogP contribution is 2.60. The molecule has 1 aromatic carbocycles. The van der Waals surface area contributed by atoms with Gasteiger partial charge in [-0.1, -0.05) is 25.5 Å². The number of likely N-dealkylation sites (N-methyl/N-ethyl adjacent to an activating group) is 1. The van der Waals surface area contributed by atoms with Crippen molar-refractivity contribution in [2.75, 3.05) is 45.1 Å². The second kappa shape index (κ2) is 9.39. The normalized spacial score (nSPS) is 26.9. The average molecular weight is 491 g/mol. The molecule has 0 unspecified atom stereocenters. The topological polar surface area (TPSA) is 86.5 Å². The first-order chi connectivity index (χ1) is 17.4. The first-order valence-corrected chi connectivity index (χ1v) is 13.6. The summed E-state index contributed by atoms with van der Waals surface area (Å²) in [5.74, 6) is 0.586. The van der Waals surface area contributed by atoms with E-state index < -0.39 is 0 Å². The van der Waals surface area contributed by atoms with Gasteiger partial charge in [-0.05, 0) is 61.6 Å². The number of nitrogens with zero attached hydrogens (tertiary/aromatic N) is 5. The van der Waals surface area contributed by atoms with Crippen molar-refractivity contribution in [3.63, 3.8) is 0 Å². The fourth-order valence-electron chi connectivity index (χ4n) is 6.53. The molecule has 6 rings (SSSR count). The van der Waals surface area contributed by atoms with Gasteiger partial charge in [-0.2, -0.15) is 4.98 Å². The molecule has 1 spiro atoms. The Hall–Kier alpha value is -2.55. The molecule has 3 heterocycles. The maximum Gasteiger partial charge on any atom is 0.260 e. The summed E-state index contributed by atoms with van der Waals surface area (Å²) in [5, 5.41) is 15.8. The molecule has 2 aromatic heterocycles. The molecule has 0 radical (unpaired) electrons. The Morgan fingerprint density at radius 2 is 1.86 bits per heavy atom. The second-order valence-electron chi connectivity index (χ2n) is 11.5. The lowest BCUT2D eigenvalue weighted by Gasteiger charge is -2.56. The minimum atomic E-state index is -0.176. The van der Waals surface area contributed by atoms with E-state index in [1.165, 1.54) is 5.56 Å². The number of aromatic nitrogens is 3. The Kier molecular flexibility index (Phi) is 6.22. The Bertz CT molecular complexity index is 1320. The highest BCUT2D eigenvalue weighted by atomic mass is 16.3. The van der Waals surface area contributed by atoms with E-state index >= 15 is 0 Å². The molecule has 3 aromatic rings. The van der Waals surface area contributed by atoms with Crippen LogP contribution in [0, 0.1) is 5.41 Å². The fourth-order valence-corrected chi connectivity index (χ4v) is 6.53. The summed E-state index contributed by atoms with van der Waals surface area (Å²) in [7, 11) is 2.17. The van der Waals surface area contributed by atoms with Crippen LogP contribution in [0.25, 0.3) is 21.8 Å². The number of nitrogens with one attached hydrogen (secondary N) is 1. The van der Waals surface area contributed by atoms with E-state index in [0.717, 1.165) is 99.6 Å². The molecule has 192 valence electrons. The van der Waals surface area contributed by atoms with Crippen LogP contribution in [0.3, 0.4) is 0 Å². The molecule has 0 bridgehead atoms. The summed E-state index contributed by atoms with van der Waals surface area (Å²) < 4.78 is 1.94. The van der Waals surface area contributed by atoms with Crippen LogP contribution in [-0.2, 0) is 6.54 Å². The van der Waals surface area contributed by atoms with Crippen LogP contribution in [0.15, 0.2) is 29.2 Å². The van der Waals surface area contributed by atoms with Crippen molar-refractivity contribution >= 4 is 27.8 Å². The number of aliphatic hydroxyl groups is 1. The van der Waals surface area contributed by atoms with Crippen LogP contribution in [0.5, 0.6) is 0 Å². The maximum atomic E-state index is 14.0. The van der Waals surface area contributed by atoms with E-state index in [9.17, 15) is 9.90 Å². The smallest absolute Gasteiger partial charge is 0.260 e. The first kappa shape index (κ1) is 23.8. The number of piperazine rings is 1. The molecule has 2 aliphatic carbocycles. The molecule has 8 heteroatoms. The lowest BCUT2D eigenvalue weighted by Crippen LogP contribution is -2.51. The number of hydrogen-bond acceptors (Lipinski definition) is 7. The number of hydrogen-bond donors (Lipinski definition) is 2. The number of aliphatic hydroxyl groups excluding tert-OH is 1. The van der Waals surface area contributed by atoms with Crippen molar-refractivity contribution in [3.8, 4) is 0 Å². The van der Waals surface area contributed by atoms with E-state index in [0.29, 0.717) is 5.95 Å². The summed E-state index contributed by atoms with van der Waals surface area (Å²) in [5.41, 5.74) is 2.17. The van der Waals surface area contributed by atoms with Gasteiger partial charge in [-0.25, -0.2) is 4.98 Å². The molecule has 3 fully saturated rings. The van der Waals surface area contributed by atoms with Crippen LogP contribution < -0.4 is 10.9 Å². The molecular weight excluding hydrogens is 452 g/mol. The average Bonchev–Trinajstić information content (AvgIpc) is 2.83. The van der Waals surface area contributed by atoms with Crippen molar-refractivity contribution in [2.24, 2.45) is 5.41 Å². The first-order valence-electron chi connectivity index (χ1n) is 13.6. The maximum absolute atomic E-state index is 14.0. The predicted molar refractivity (Wildman–Crippen MR) is 143 cm³/mol. The monoisotopic (exact) mass is 490 g/mol. The predicted octanol–water partition coefficient (Wildman–Crippen LogP) is 3.38. The summed E-state index contributed by atoms with van der Waals surface area (Å²) in [6, 6.07) is 6.47. The van der Waals surface area contributed by atoms with Gasteiger partial charge in [0.2, 0.25) is 5.95 Å². The third-order valence-electron chi connectivity index (χ3n) is 8.68. The molecule has 2 saturated carbocycles. The number of unbranched alkanes of at least 4 members (excludes halogenated alkanes) is 1. The summed E-state index contributed by atoms with van der Waals surface area (Å²) in [6.45, 7) is 8.10. The van der Waals surface area contributed by atoms with E-state index in [1.807, 2.05) is 10.8 Å². The minimum absolute atomic E-state index is 0.0515. The van der Waals surface area contributed by atoms with Crippen molar-refractivity contribution < 1.29 is 5.11 Å². The van der Waals surface area contributed by atoms with E-state index in [1.54, 1.807) is 0 Å². The SMILES string of the molecule is CCCCNc1ncc2c3ccc(CN4CCN(C)CC4)cc3c(=O)n(C3CC4(CC(O)C4)C3)c2n1. The largest absolute Gasteiger partial charge is 0.393 e. The number of rotatable bonds is 7. The van der Waals surface area contributed by atoms with Gasteiger partial charge >= 0.3 is 0 Å². The summed E-state index contributed by atoms with van der Waals surface area (Å²) in [6.07, 6.45) is 7.46. The van der Waals surface area contributed by atoms with Gasteiger partial charge in [0.05, 0.1) is 6.10 Å². The van der Waals surface area contributed by atoms with Gasteiger partial charge in [-0.15, -0.1) is 0 Å². The van der Waals surface area contributed by atoms with E-state index in [-0.39, 0.29) is 23.1 Å². The number of benzene rings is 1. The molecular formula is C28H38N6O2. The van der Waals surface area contributed by atoms with Crippen LogP contribution in [0.4, 0.5) is 5.95 Å². The van der Waals surface area contributed by atoms with Crippen molar-refractivity contribution in [2.45, 2.75) is 64.1 Å². The van der Waals surface area contributed by atoms with Gasteiger partial charge in [0.1, 0.15) is 5.65 Å². The third kappa shape index (κ3) is 4.29. The Morgan fingerprint density at radius 1 is 1.08 bits per heavy atom. The Morgan fingerprint density at radius 3 is 2.58 bits per heavy atom. The van der Waals surface area contributed by atoms with Crippen LogP contribution in [0.1, 0.15) is 57.1 Å². The zero-order valence-corrected chi connectivity index (χ0v) is 21.5. The fraction of sp³-hybridized carbons (Fsp3) is 0.607. The second-order valence-corrected chi connectivity index (χ2v) is 11.5. The van der Waals surface area contributed by atoms with Crippen molar-refractivity contribution in [3.05, 3.63) is 40.3 Å². The zero-order valence-electron chi connectivity index (χ0n) is 21.5. The van der Waals surface area contributed by atoms with Gasteiger partial charge in [-0.3, -0.25) is 14.3 Å². The third-order valence-corrected chi connectivity index (χ3v) is 8.68. The van der Waals surface area contributed by atoms with Crippen molar-refractivity contribution in [1.82, 2.24) is 24.3 Å². The highest BCUT2D eigenvalue weighted by molar-refractivity contribution is 6.04. The quantitative estimate of drug-likeness (QED) is 0.388. The minimum Gasteiger partial charge on any atom is -0.393 e. The lowest BCUT2D eigenvalue weighted by molar-refractivity contribution is -0.105. The molecule has 1 aliphatic heterocycles. The Balaban J connectivity index is 1.39. The van der Waals surface area contributed by atoms with E-state index in [2.05, 4.69) is 52.3 Å². The zero-order chi connectivity index (χ0) is 24.9. The van der Waals surface area contributed by atoms with Gasteiger partial charge < -0.3 is 15.3 Å². The standard InChI is InChI=1S/C28H38N6O2/c1-3-4-7-29-27-30-17-24-22-6-5-19(18-33-10-8-32(2)9-11-33)12-23(22)26(36)34(25(24)31-27)20-13-28(14-20)15-21(35)16-28/h5-6,12,17,20-21,35H,3-4,7-11,13-16,18H2,1-2H3,(H,29,30,31). The van der Waals surface area contributed by atoms with Crippen LogP contribution in [-0.4, -0.2) is 75.3 Å². The van der Waals surface area contributed by atoms with Crippen LogP contribution in [0.2, 0.25) is 0 Å². The summed E-state index contributed by atoms with van der Waals surface area (Å²) >= 11 is 0. The molecule has 3 aliphatic rings. The molecule has 2 N–H and O–H groups in total.